The Morgan fingerprint density at radius 1 is 1.39 bits per heavy atom. The molecule has 1 saturated heterocycles. The fourth-order valence-electron chi connectivity index (χ4n) is 2.80. The van der Waals surface area contributed by atoms with Gasteiger partial charge in [-0.1, -0.05) is 6.42 Å². The second kappa shape index (κ2) is 5.99. The first-order chi connectivity index (χ1) is 8.66. The molecule has 3 atom stereocenters. The van der Waals surface area contributed by atoms with Crippen molar-refractivity contribution in [1.82, 2.24) is 5.32 Å². The van der Waals surface area contributed by atoms with Gasteiger partial charge in [-0.25, -0.2) is 0 Å². The molecule has 2 rings (SSSR count). The van der Waals surface area contributed by atoms with Gasteiger partial charge in [-0.2, -0.15) is 0 Å². The van der Waals surface area contributed by atoms with E-state index in [2.05, 4.69) is 10.2 Å². The number of hydrogen-bond acceptors (Lipinski definition) is 6. The standard InChI is InChI=1S/C11H18N2O5/c14-11(17-5-2-6-18-13(15)16)10-7-8-3-1-4-9(8)12-10/h8-10,12H,1-7H2/t8-,9-,10?/m0/s1. The van der Waals surface area contributed by atoms with Crippen LogP contribution in [-0.4, -0.2) is 36.4 Å². The highest BCUT2D eigenvalue weighted by molar-refractivity contribution is 5.76. The Labute approximate surface area is 105 Å². The Morgan fingerprint density at radius 3 is 2.94 bits per heavy atom. The first-order valence-corrected chi connectivity index (χ1v) is 6.37. The lowest BCUT2D eigenvalue weighted by molar-refractivity contribution is -0.757. The molecule has 7 nitrogen and oxygen atoms in total. The highest BCUT2D eigenvalue weighted by Crippen LogP contribution is 2.34. The monoisotopic (exact) mass is 258 g/mol. The summed E-state index contributed by atoms with van der Waals surface area (Å²) in [7, 11) is 0. The summed E-state index contributed by atoms with van der Waals surface area (Å²) in [4.78, 5) is 25.7. The van der Waals surface area contributed by atoms with Crippen LogP contribution in [0.15, 0.2) is 0 Å². The van der Waals surface area contributed by atoms with Crippen LogP contribution in [-0.2, 0) is 14.4 Å². The van der Waals surface area contributed by atoms with E-state index >= 15 is 0 Å². The zero-order valence-corrected chi connectivity index (χ0v) is 10.2. The maximum Gasteiger partial charge on any atom is 0.323 e. The summed E-state index contributed by atoms with van der Waals surface area (Å²) in [6.07, 6.45) is 4.77. The number of hydrogen-bond donors (Lipinski definition) is 1. The van der Waals surface area contributed by atoms with E-state index in [1.165, 1.54) is 12.8 Å². The molecule has 0 radical (unpaired) electrons. The molecule has 1 aliphatic carbocycles. The van der Waals surface area contributed by atoms with Gasteiger partial charge in [0.1, 0.15) is 6.04 Å². The third kappa shape index (κ3) is 3.32. The van der Waals surface area contributed by atoms with Crippen LogP contribution in [0.25, 0.3) is 0 Å². The van der Waals surface area contributed by atoms with Crippen molar-refractivity contribution in [2.45, 2.75) is 44.2 Å². The molecule has 2 aliphatic rings. The maximum atomic E-state index is 11.7. The molecule has 7 heteroatoms. The number of fused-ring (bicyclic) bond motifs is 1. The predicted octanol–water partition coefficient (Wildman–Crippen LogP) is 0.659. The number of ether oxygens (including phenoxy) is 1. The molecule has 1 unspecified atom stereocenters. The van der Waals surface area contributed by atoms with Gasteiger partial charge in [0.2, 0.25) is 0 Å². The normalized spacial score (nSPS) is 29.9. The van der Waals surface area contributed by atoms with E-state index in [9.17, 15) is 14.9 Å². The van der Waals surface area contributed by atoms with Crippen molar-refractivity contribution in [2.24, 2.45) is 5.92 Å². The van der Waals surface area contributed by atoms with Gasteiger partial charge in [0.05, 0.1) is 13.2 Å². The number of nitrogens with zero attached hydrogens (tertiary/aromatic N) is 1. The quantitative estimate of drug-likeness (QED) is 0.326. The van der Waals surface area contributed by atoms with E-state index in [1.807, 2.05) is 0 Å². The fourth-order valence-corrected chi connectivity index (χ4v) is 2.80. The van der Waals surface area contributed by atoms with E-state index in [4.69, 9.17) is 4.74 Å². The van der Waals surface area contributed by atoms with Crippen LogP contribution < -0.4 is 5.32 Å². The van der Waals surface area contributed by atoms with Gasteiger partial charge >= 0.3 is 5.97 Å². The molecule has 1 aliphatic heterocycles. The Hall–Kier alpha value is -1.37. The van der Waals surface area contributed by atoms with Crippen LogP contribution in [0.1, 0.15) is 32.1 Å². The van der Waals surface area contributed by atoms with Crippen LogP contribution >= 0.6 is 0 Å². The molecule has 0 spiro atoms. The molecule has 0 aromatic heterocycles. The van der Waals surface area contributed by atoms with E-state index < -0.39 is 5.09 Å². The number of carbonyl (C=O) groups is 1. The average Bonchev–Trinajstić information content (AvgIpc) is 2.87. The molecule has 1 saturated carbocycles. The lowest BCUT2D eigenvalue weighted by Crippen LogP contribution is -2.36. The number of carbonyl (C=O) groups excluding carboxylic acids is 1. The smallest absolute Gasteiger partial charge is 0.323 e. The zero-order chi connectivity index (χ0) is 13.0. The molecule has 18 heavy (non-hydrogen) atoms. The molecular weight excluding hydrogens is 240 g/mol. The van der Waals surface area contributed by atoms with Crippen molar-refractivity contribution < 1.29 is 19.5 Å². The van der Waals surface area contributed by atoms with E-state index in [-0.39, 0.29) is 25.2 Å². The van der Waals surface area contributed by atoms with Gasteiger partial charge < -0.3 is 14.9 Å². The van der Waals surface area contributed by atoms with E-state index in [0.29, 0.717) is 18.4 Å². The fraction of sp³-hybridized carbons (Fsp3) is 0.909. The second-order valence-electron chi connectivity index (χ2n) is 4.83. The third-order valence-corrected chi connectivity index (χ3v) is 3.63. The molecule has 2 fully saturated rings. The van der Waals surface area contributed by atoms with Gasteiger partial charge in [0.25, 0.3) is 5.09 Å². The average molecular weight is 258 g/mol. The van der Waals surface area contributed by atoms with Crippen molar-refractivity contribution in [3.63, 3.8) is 0 Å². The third-order valence-electron chi connectivity index (χ3n) is 3.63. The van der Waals surface area contributed by atoms with Gasteiger partial charge in [-0.05, 0) is 25.2 Å². The summed E-state index contributed by atoms with van der Waals surface area (Å²) in [6, 6.07) is 0.275. The van der Waals surface area contributed by atoms with Crippen LogP contribution in [0.3, 0.4) is 0 Å². The molecule has 1 N–H and O–H groups in total. The Bertz CT molecular complexity index is 311. The van der Waals surface area contributed by atoms with Crippen molar-refractivity contribution in [1.29, 1.82) is 0 Å². The predicted molar refractivity (Wildman–Crippen MR) is 61.2 cm³/mol. The Balaban J connectivity index is 1.59. The SMILES string of the molecule is O=C(OCCCO[N+](=O)[O-])C1C[C@@H]2CCC[C@@H]2N1. The molecule has 0 amide bonds. The zero-order valence-electron chi connectivity index (χ0n) is 10.2. The van der Waals surface area contributed by atoms with Crippen LogP contribution in [0.2, 0.25) is 0 Å². The molecule has 0 aromatic carbocycles. The van der Waals surface area contributed by atoms with E-state index in [1.54, 1.807) is 0 Å². The number of nitrogens with one attached hydrogen (secondary N) is 1. The molecule has 1 heterocycles. The highest BCUT2D eigenvalue weighted by atomic mass is 16.9. The minimum Gasteiger partial charge on any atom is -0.464 e. The first-order valence-electron chi connectivity index (χ1n) is 6.37. The number of esters is 1. The first kappa shape index (κ1) is 13.1. The molecule has 0 bridgehead atoms. The summed E-state index contributed by atoms with van der Waals surface area (Å²) in [6.45, 7) is 0.129. The summed E-state index contributed by atoms with van der Waals surface area (Å²) in [5.41, 5.74) is 0. The molecule has 0 aromatic rings. The maximum absolute atomic E-state index is 11.7. The van der Waals surface area contributed by atoms with Crippen molar-refractivity contribution in [3.05, 3.63) is 10.1 Å². The topological polar surface area (TPSA) is 90.7 Å². The van der Waals surface area contributed by atoms with Crippen molar-refractivity contribution in [3.8, 4) is 0 Å². The van der Waals surface area contributed by atoms with Crippen molar-refractivity contribution in [2.75, 3.05) is 13.2 Å². The largest absolute Gasteiger partial charge is 0.464 e. The molecular formula is C11H18N2O5. The molecule has 102 valence electrons. The van der Waals surface area contributed by atoms with Crippen LogP contribution in [0.5, 0.6) is 0 Å². The summed E-state index contributed by atoms with van der Waals surface area (Å²) < 4.78 is 5.07. The van der Waals surface area contributed by atoms with E-state index in [0.717, 1.165) is 12.8 Å². The van der Waals surface area contributed by atoms with Crippen LogP contribution in [0, 0.1) is 16.0 Å². The van der Waals surface area contributed by atoms with Gasteiger partial charge in [0.15, 0.2) is 0 Å². The van der Waals surface area contributed by atoms with Gasteiger partial charge in [-0.3, -0.25) is 4.79 Å². The van der Waals surface area contributed by atoms with Crippen molar-refractivity contribution >= 4 is 5.97 Å². The lowest BCUT2D eigenvalue weighted by atomic mass is 10.0. The summed E-state index contributed by atoms with van der Waals surface area (Å²) >= 11 is 0. The van der Waals surface area contributed by atoms with Gasteiger partial charge in [0, 0.05) is 12.5 Å². The Morgan fingerprint density at radius 2 is 2.22 bits per heavy atom. The minimum absolute atomic E-state index is 0.0381. The number of rotatable bonds is 6. The summed E-state index contributed by atoms with van der Waals surface area (Å²) in [5, 5.41) is 12.3. The minimum atomic E-state index is -0.846. The summed E-state index contributed by atoms with van der Waals surface area (Å²) in [5.74, 6) is 0.367. The highest BCUT2D eigenvalue weighted by Gasteiger charge is 2.40. The van der Waals surface area contributed by atoms with Crippen LogP contribution in [0.4, 0.5) is 0 Å². The van der Waals surface area contributed by atoms with Gasteiger partial charge in [-0.15, -0.1) is 10.1 Å². The lowest BCUT2D eigenvalue weighted by Gasteiger charge is -2.12. The Kier molecular flexibility index (Phi) is 4.35. The second-order valence-corrected chi connectivity index (χ2v) is 4.83.